The van der Waals surface area contributed by atoms with E-state index >= 15 is 0 Å². The maximum absolute atomic E-state index is 5.72. The van der Waals surface area contributed by atoms with Crippen molar-refractivity contribution in [3.8, 4) is 5.88 Å². The van der Waals surface area contributed by atoms with E-state index in [4.69, 9.17) is 4.74 Å². The highest BCUT2D eigenvalue weighted by molar-refractivity contribution is 9.10. The molecule has 16 heavy (non-hydrogen) atoms. The number of rotatable bonds is 3. The lowest BCUT2D eigenvalue weighted by molar-refractivity contribution is 0.192. The average molecular weight is 282 g/mol. The number of aromatic nitrogens is 1. The number of nitrogens with zero attached hydrogens (tertiary/aromatic N) is 1. The summed E-state index contributed by atoms with van der Waals surface area (Å²) in [7, 11) is 0. The largest absolute Gasteiger partial charge is 0.477 e. The molecule has 1 aliphatic carbocycles. The Morgan fingerprint density at radius 3 is 2.94 bits per heavy atom. The van der Waals surface area contributed by atoms with Gasteiger partial charge in [-0.15, -0.1) is 0 Å². The Balaban J connectivity index is 1.89. The molecule has 0 saturated carbocycles. The van der Waals surface area contributed by atoms with Crippen LogP contribution in [0.5, 0.6) is 5.88 Å². The molecule has 0 saturated heterocycles. The van der Waals surface area contributed by atoms with Crippen LogP contribution in [-0.4, -0.2) is 11.6 Å². The van der Waals surface area contributed by atoms with E-state index in [0.29, 0.717) is 17.7 Å². The third-order valence-corrected chi connectivity index (χ3v) is 3.49. The van der Waals surface area contributed by atoms with Gasteiger partial charge in [-0.2, -0.15) is 0 Å². The number of hydrogen-bond acceptors (Lipinski definition) is 2. The van der Waals surface area contributed by atoms with Gasteiger partial charge in [0.2, 0.25) is 5.88 Å². The van der Waals surface area contributed by atoms with Gasteiger partial charge < -0.3 is 4.74 Å². The molecule has 0 aliphatic heterocycles. The smallest absolute Gasteiger partial charge is 0.214 e. The van der Waals surface area contributed by atoms with Gasteiger partial charge in [0.1, 0.15) is 4.60 Å². The minimum absolute atomic E-state index is 0.616. The molecule has 2 nitrogen and oxygen atoms in total. The van der Waals surface area contributed by atoms with Crippen LogP contribution < -0.4 is 4.74 Å². The summed E-state index contributed by atoms with van der Waals surface area (Å²) in [5.41, 5.74) is 0. The highest BCUT2D eigenvalue weighted by Gasteiger charge is 2.18. The molecule has 1 aromatic rings. The molecule has 0 amide bonds. The molecule has 0 aromatic carbocycles. The van der Waals surface area contributed by atoms with Crippen molar-refractivity contribution in [2.75, 3.05) is 6.61 Å². The molecular weight excluding hydrogens is 266 g/mol. The van der Waals surface area contributed by atoms with E-state index in [2.05, 4.69) is 40.0 Å². The Bertz CT molecular complexity index is 378. The van der Waals surface area contributed by atoms with Crippen molar-refractivity contribution >= 4 is 15.9 Å². The molecule has 2 atom stereocenters. The van der Waals surface area contributed by atoms with Crippen molar-refractivity contribution in [2.24, 2.45) is 11.8 Å². The third kappa shape index (κ3) is 3.08. The van der Waals surface area contributed by atoms with Gasteiger partial charge in [-0.3, -0.25) is 0 Å². The molecule has 2 rings (SSSR count). The summed E-state index contributed by atoms with van der Waals surface area (Å²) in [6, 6.07) is 5.74. The molecular formula is C13H16BrNO. The fourth-order valence-corrected chi connectivity index (χ4v) is 2.23. The van der Waals surface area contributed by atoms with Crippen molar-refractivity contribution in [3.05, 3.63) is 35.0 Å². The lowest BCUT2D eigenvalue weighted by atomic mass is 9.85. The molecule has 2 unspecified atom stereocenters. The average Bonchev–Trinajstić information content (AvgIpc) is 2.28. The van der Waals surface area contributed by atoms with Crippen LogP contribution >= 0.6 is 15.9 Å². The summed E-state index contributed by atoms with van der Waals surface area (Å²) in [4.78, 5) is 4.26. The summed E-state index contributed by atoms with van der Waals surface area (Å²) in [6.07, 6.45) is 6.80. The normalized spacial score (nSPS) is 24.4. The van der Waals surface area contributed by atoms with E-state index in [1.807, 2.05) is 18.2 Å². The number of allylic oxidation sites excluding steroid dienone is 2. The standard InChI is InChI=1S/C13H16BrNO/c1-10-5-2-3-6-11(10)9-16-13-8-4-7-12(14)15-13/h2-4,7-8,10-11H,5-6,9H2,1H3. The molecule has 0 fully saturated rings. The maximum atomic E-state index is 5.72. The predicted octanol–water partition coefficient (Wildman–Crippen LogP) is 3.83. The van der Waals surface area contributed by atoms with E-state index in [0.717, 1.165) is 17.6 Å². The zero-order valence-electron chi connectivity index (χ0n) is 9.40. The second-order valence-electron chi connectivity index (χ2n) is 4.29. The first kappa shape index (κ1) is 11.6. The van der Waals surface area contributed by atoms with Crippen molar-refractivity contribution in [2.45, 2.75) is 19.8 Å². The summed E-state index contributed by atoms with van der Waals surface area (Å²) in [6.45, 7) is 3.04. The van der Waals surface area contributed by atoms with E-state index in [-0.39, 0.29) is 0 Å². The summed E-state index contributed by atoms with van der Waals surface area (Å²) >= 11 is 3.34. The molecule has 1 aromatic heterocycles. The lowest BCUT2D eigenvalue weighted by Gasteiger charge is -2.24. The fourth-order valence-electron chi connectivity index (χ4n) is 1.90. The second-order valence-corrected chi connectivity index (χ2v) is 5.10. The summed E-state index contributed by atoms with van der Waals surface area (Å²) in [5, 5.41) is 0. The van der Waals surface area contributed by atoms with Crippen LogP contribution in [0.2, 0.25) is 0 Å². The minimum Gasteiger partial charge on any atom is -0.477 e. The molecule has 1 heterocycles. The van der Waals surface area contributed by atoms with Gasteiger partial charge in [-0.25, -0.2) is 4.98 Å². The van der Waals surface area contributed by atoms with Crippen LogP contribution in [0.1, 0.15) is 19.8 Å². The molecule has 1 aliphatic rings. The fraction of sp³-hybridized carbons (Fsp3) is 0.462. The highest BCUT2D eigenvalue weighted by atomic mass is 79.9. The van der Waals surface area contributed by atoms with Crippen LogP contribution in [0.15, 0.2) is 35.0 Å². The summed E-state index contributed by atoms with van der Waals surface area (Å²) < 4.78 is 6.54. The van der Waals surface area contributed by atoms with Crippen molar-refractivity contribution in [1.82, 2.24) is 4.98 Å². The zero-order valence-corrected chi connectivity index (χ0v) is 11.0. The van der Waals surface area contributed by atoms with Crippen molar-refractivity contribution < 1.29 is 4.74 Å². The predicted molar refractivity (Wildman–Crippen MR) is 68.5 cm³/mol. The Kier molecular flexibility index (Phi) is 3.99. The Hall–Kier alpha value is -0.830. The monoisotopic (exact) mass is 281 g/mol. The zero-order chi connectivity index (χ0) is 11.4. The quantitative estimate of drug-likeness (QED) is 0.621. The van der Waals surface area contributed by atoms with E-state index in [1.165, 1.54) is 6.42 Å². The van der Waals surface area contributed by atoms with Gasteiger partial charge in [0.25, 0.3) is 0 Å². The van der Waals surface area contributed by atoms with Crippen molar-refractivity contribution in [3.63, 3.8) is 0 Å². The Morgan fingerprint density at radius 2 is 2.19 bits per heavy atom. The number of hydrogen-bond donors (Lipinski definition) is 0. The molecule has 0 N–H and O–H groups in total. The van der Waals surface area contributed by atoms with Gasteiger partial charge >= 0.3 is 0 Å². The molecule has 0 spiro atoms. The van der Waals surface area contributed by atoms with E-state index in [1.54, 1.807) is 0 Å². The second kappa shape index (κ2) is 5.48. The van der Waals surface area contributed by atoms with Crippen LogP contribution in [0.3, 0.4) is 0 Å². The van der Waals surface area contributed by atoms with Gasteiger partial charge in [0.05, 0.1) is 6.61 Å². The summed E-state index contributed by atoms with van der Waals surface area (Å²) in [5.74, 6) is 2.03. The van der Waals surface area contributed by atoms with Gasteiger partial charge in [-0.1, -0.05) is 25.1 Å². The number of halogens is 1. The van der Waals surface area contributed by atoms with E-state index in [9.17, 15) is 0 Å². The molecule has 86 valence electrons. The number of pyridine rings is 1. The molecule has 0 radical (unpaired) electrons. The Labute approximate surface area is 105 Å². The van der Waals surface area contributed by atoms with E-state index < -0.39 is 0 Å². The first-order valence-electron chi connectivity index (χ1n) is 5.66. The van der Waals surface area contributed by atoms with Crippen molar-refractivity contribution in [1.29, 1.82) is 0 Å². The van der Waals surface area contributed by atoms with Crippen LogP contribution in [0, 0.1) is 11.8 Å². The van der Waals surface area contributed by atoms with Crippen LogP contribution in [0.4, 0.5) is 0 Å². The maximum Gasteiger partial charge on any atom is 0.214 e. The SMILES string of the molecule is CC1CC=CCC1COc1cccc(Br)n1. The lowest BCUT2D eigenvalue weighted by Crippen LogP contribution is -2.21. The molecule has 0 bridgehead atoms. The first-order chi connectivity index (χ1) is 7.75. The topological polar surface area (TPSA) is 22.1 Å². The third-order valence-electron chi connectivity index (χ3n) is 3.05. The number of ether oxygens (including phenoxy) is 1. The minimum atomic E-state index is 0.616. The van der Waals surface area contributed by atoms with Crippen LogP contribution in [0.25, 0.3) is 0 Å². The van der Waals surface area contributed by atoms with Gasteiger partial charge in [0.15, 0.2) is 0 Å². The van der Waals surface area contributed by atoms with Gasteiger partial charge in [0, 0.05) is 6.07 Å². The Morgan fingerprint density at radius 1 is 1.38 bits per heavy atom. The molecule has 3 heteroatoms. The highest BCUT2D eigenvalue weighted by Crippen LogP contribution is 2.25. The van der Waals surface area contributed by atoms with Gasteiger partial charge in [-0.05, 0) is 46.7 Å². The van der Waals surface area contributed by atoms with Crippen LogP contribution in [-0.2, 0) is 0 Å². The first-order valence-corrected chi connectivity index (χ1v) is 6.45.